The molecule has 0 bridgehead atoms. The molecule has 3 aromatic rings. The summed E-state index contributed by atoms with van der Waals surface area (Å²) in [4.78, 5) is 0.286. The van der Waals surface area contributed by atoms with E-state index in [1.807, 2.05) is 22.8 Å². The second-order valence-electron chi connectivity index (χ2n) is 8.31. The van der Waals surface area contributed by atoms with Crippen molar-refractivity contribution in [2.45, 2.75) is 49.1 Å². The van der Waals surface area contributed by atoms with Crippen molar-refractivity contribution in [3.8, 4) is 11.5 Å². The van der Waals surface area contributed by atoms with Crippen molar-refractivity contribution in [3.63, 3.8) is 0 Å². The lowest BCUT2D eigenvalue weighted by Gasteiger charge is -2.43. The first-order chi connectivity index (χ1) is 15.6. The first-order valence-electron chi connectivity index (χ1n) is 10.9. The predicted molar refractivity (Wildman–Crippen MR) is 118 cm³/mol. The van der Waals surface area contributed by atoms with Crippen LogP contribution < -0.4 is 14.2 Å². The monoisotopic (exact) mass is 454 g/mol. The van der Waals surface area contributed by atoms with Crippen molar-refractivity contribution in [1.29, 1.82) is 0 Å². The number of nitrogens with one attached hydrogen (secondary N) is 1. The van der Waals surface area contributed by atoms with E-state index in [2.05, 4.69) is 27.9 Å². The number of nitrogens with zero attached hydrogens (tertiary/aromatic N) is 3. The van der Waals surface area contributed by atoms with Gasteiger partial charge in [0.2, 0.25) is 16.8 Å². The van der Waals surface area contributed by atoms with Crippen molar-refractivity contribution in [2.24, 2.45) is 5.92 Å². The van der Waals surface area contributed by atoms with E-state index in [-0.39, 0.29) is 35.6 Å². The molecule has 1 N–H and O–H groups in total. The molecule has 1 aliphatic heterocycles. The highest BCUT2D eigenvalue weighted by Crippen LogP contribution is 2.47. The summed E-state index contributed by atoms with van der Waals surface area (Å²) in [5.74, 6) is 1.74. The molecule has 2 unspecified atom stereocenters. The molecule has 8 nitrogen and oxygen atoms in total. The highest BCUT2D eigenvalue weighted by atomic mass is 32.2. The van der Waals surface area contributed by atoms with Crippen LogP contribution in [0.1, 0.15) is 43.7 Å². The van der Waals surface area contributed by atoms with Crippen LogP contribution in [0.4, 0.5) is 0 Å². The maximum absolute atomic E-state index is 13.1. The van der Waals surface area contributed by atoms with E-state index in [0.717, 1.165) is 36.3 Å². The molecule has 168 valence electrons. The number of hydrogen-bond acceptors (Lipinski definition) is 6. The quantitative estimate of drug-likeness (QED) is 0.613. The van der Waals surface area contributed by atoms with Gasteiger partial charge in [0.15, 0.2) is 11.5 Å². The third-order valence-electron chi connectivity index (χ3n) is 6.59. The number of aromatic nitrogens is 3. The molecule has 1 aromatic heterocycles. The fourth-order valence-electron chi connectivity index (χ4n) is 5.12. The van der Waals surface area contributed by atoms with Gasteiger partial charge in [-0.15, -0.1) is 10.2 Å². The van der Waals surface area contributed by atoms with Gasteiger partial charge < -0.3 is 14.0 Å². The van der Waals surface area contributed by atoms with Gasteiger partial charge in [-0.05, 0) is 55.0 Å². The van der Waals surface area contributed by atoms with Crippen LogP contribution >= 0.6 is 0 Å². The van der Waals surface area contributed by atoms with Crippen molar-refractivity contribution in [1.82, 2.24) is 19.5 Å². The molecular formula is C23H26N4O4S. The maximum Gasteiger partial charge on any atom is 0.240 e. The highest BCUT2D eigenvalue weighted by Gasteiger charge is 2.42. The summed E-state index contributed by atoms with van der Waals surface area (Å²) < 4.78 is 42.2. The number of sulfonamides is 1. The number of fused-ring (bicyclic) bond motifs is 1. The zero-order chi connectivity index (χ0) is 22.1. The number of benzene rings is 2. The Morgan fingerprint density at radius 2 is 1.78 bits per heavy atom. The summed E-state index contributed by atoms with van der Waals surface area (Å²) in [5.41, 5.74) is 1.15. The molecule has 2 heterocycles. The summed E-state index contributed by atoms with van der Waals surface area (Å²) in [6, 6.07) is 14.4. The van der Waals surface area contributed by atoms with Gasteiger partial charge in [-0.1, -0.05) is 31.2 Å². The molecule has 2 aliphatic rings. The van der Waals surface area contributed by atoms with Crippen molar-refractivity contribution < 1.29 is 17.9 Å². The second kappa shape index (κ2) is 8.55. The van der Waals surface area contributed by atoms with Crippen molar-refractivity contribution >= 4 is 10.0 Å². The Balaban J connectivity index is 1.48. The Kier molecular flexibility index (Phi) is 5.60. The Morgan fingerprint density at radius 1 is 1.03 bits per heavy atom. The average Bonchev–Trinajstić information content (AvgIpc) is 3.51. The predicted octanol–water partition coefficient (Wildman–Crippen LogP) is 3.50. The van der Waals surface area contributed by atoms with Crippen LogP contribution in [0.3, 0.4) is 0 Å². The van der Waals surface area contributed by atoms with E-state index in [4.69, 9.17) is 9.47 Å². The van der Waals surface area contributed by atoms with Crippen LogP contribution in [0, 0.1) is 5.92 Å². The first-order valence-corrected chi connectivity index (χ1v) is 12.4. The van der Waals surface area contributed by atoms with Crippen LogP contribution in [0.2, 0.25) is 0 Å². The molecule has 0 saturated heterocycles. The highest BCUT2D eigenvalue weighted by molar-refractivity contribution is 7.89. The van der Waals surface area contributed by atoms with Gasteiger partial charge in [-0.25, -0.2) is 13.1 Å². The average molecular weight is 455 g/mol. The summed E-state index contributed by atoms with van der Waals surface area (Å²) >= 11 is 0. The van der Waals surface area contributed by atoms with E-state index >= 15 is 0 Å². The smallest absolute Gasteiger partial charge is 0.240 e. The molecule has 0 radical (unpaired) electrons. The second-order valence-corrected chi connectivity index (χ2v) is 10.0. The van der Waals surface area contributed by atoms with E-state index in [1.165, 1.54) is 0 Å². The minimum Gasteiger partial charge on any atom is -0.454 e. The molecule has 1 fully saturated rings. The van der Waals surface area contributed by atoms with Gasteiger partial charge in [0, 0.05) is 18.0 Å². The van der Waals surface area contributed by atoms with Crippen molar-refractivity contribution in [2.75, 3.05) is 6.79 Å². The molecule has 9 heteroatoms. The molecule has 1 saturated carbocycles. The largest absolute Gasteiger partial charge is 0.454 e. The third kappa shape index (κ3) is 3.86. The minimum atomic E-state index is -3.61. The lowest BCUT2D eigenvalue weighted by atomic mass is 9.70. The Morgan fingerprint density at radius 3 is 2.53 bits per heavy atom. The van der Waals surface area contributed by atoms with E-state index in [9.17, 15) is 8.42 Å². The fraction of sp³-hybridized carbons (Fsp3) is 0.391. The van der Waals surface area contributed by atoms with Gasteiger partial charge in [0.25, 0.3) is 0 Å². The topological polar surface area (TPSA) is 95.3 Å². The van der Waals surface area contributed by atoms with E-state index < -0.39 is 10.0 Å². The number of ether oxygens (including phenoxy) is 2. The van der Waals surface area contributed by atoms with Crippen LogP contribution in [-0.2, 0) is 10.0 Å². The summed E-state index contributed by atoms with van der Waals surface area (Å²) in [5, 5.41) is 8.06. The SMILES string of the molecule is CCC1[C@H](n2cnnc2)C(c2ccc3c(c2)OCO3)CC[C@@H]1NS(=O)(=O)c1ccccc1. The van der Waals surface area contributed by atoms with Crippen LogP contribution in [0.15, 0.2) is 66.1 Å². The third-order valence-corrected chi connectivity index (χ3v) is 8.10. The van der Waals surface area contributed by atoms with Gasteiger partial charge in [-0.3, -0.25) is 0 Å². The Labute approximate surface area is 187 Å². The van der Waals surface area contributed by atoms with Gasteiger partial charge in [-0.2, -0.15) is 0 Å². The number of hydrogen-bond donors (Lipinski definition) is 1. The minimum absolute atomic E-state index is 0.00703. The van der Waals surface area contributed by atoms with Crippen LogP contribution in [-0.4, -0.2) is 36.0 Å². The molecule has 2 aromatic carbocycles. The molecule has 5 rings (SSSR count). The summed E-state index contributed by atoms with van der Waals surface area (Å²) in [6.45, 7) is 2.34. The lowest BCUT2D eigenvalue weighted by Crippen LogP contribution is -2.47. The molecular weight excluding hydrogens is 428 g/mol. The zero-order valence-corrected chi connectivity index (χ0v) is 18.6. The van der Waals surface area contributed by atoms with Gasteiger partial charge >= 0.3 is 0 Å². The van der Waals surface area contributed by atoms with E-state index in [0.29, 0.717) is 0 Å². The lowest BCUT2D eigenvalue weighted by molar-refractivity contribution is 0.163. The molecule has 0 spiro atoms. The summed E-state index contributed by atoms with van der Waals surface area (Å²) in [6.07, 6.45) is 5.82. The Bertz CT molecular complexity index is 1170. The molecule has 0 amide bonds. The van der Waals surface area contributed by atoms with Crippen molar-refractivity contribution in [3.05, 3.63) is 66.7 Å². The normalized spacial score (nSPS) is 25.0. The maximum atomic E-state index is 13.1. The number of rotatable bonds is 6. The molecule has 32 heavy (non-hydrogen) atoms. The standard InChI is InChI=1S/C23H26N4O4S/c1-2-18-20(26-32(28,29)17-6-4-3-5-7-17)10-9-19(23(18)27-13-24-25-14-27)16-8-11-21-22(12-16)31-15-30-21/h3-8,11-14,18-20,23,26H,2,9-10,15H2,1H3/t18?,19?,20-,23-/m0/s1. The first kappa shape index (κ1) is 21.0. The van der Waals surface area contributed by atoms with Crippen LogP contribution in [0.5, 0.6) is 11.5 Å². The fourth-order valence-corrected chi connectivity index (χ4v) is 6.46. The van der Waals surface area contributed by atoms with E-state index in [1.54, 1.807) is 36.9 Å². The Hall–Kier alpha value is -2.91. The van der Waals surface area contributed by atoms with Gasteiger partial charge in [0.1, 0.15) is 12.7 Å². The summed E-state index contributed by atoms with van der Waals surface area (Å²) in [7, 11) is -3.61. The van der Waals surface area contributed by atoms with Gasteiger partial charge in [0.05, 0.1) is 4.90 Å². The van der Waals surface area contributed by atoms with Crippen LogP contribution in [0.25, 0.3) is 0 Å². The zero-order valence-electron chi connectivity index (χ0n) is 17.8. The molecule has 1 aliphatic carbocycles. The molecule has 4 atom stereocenters.